The number of carbonyl (C=O) groups excluding carboxylic acids is 1. The first-order valence-electron chi connectivity index (χ1n) is 3.51. The zero-order chi connectivity index (χ0) is 10.5. The average Bonchev–Trinajstić information content (AvgIpc) is 2.15. The van der Waals surface area contributed by atoms with Gasteiger partial charge in [0.25, 0.3) is 5.91 Å². The van der Waals surface area contributed by atoms with Gasteiger partial charge in [-0.25, -0.2) is 5.06 Å². The number of likely N-dealkylation sites (N-methyl/N-ethyl adjacent to an activating group) is 1. The number of aliphatic hydroxyl groups excluding tert-OH is 1. The van der Waals surface area contributed by atoms with Crippen LogP contribution in [0.15, 0.2) is 5.11 Å². The van der Waals surface area contributed by atoms with Gasteiger partial charge in [-0.15, -0.1) is 0 Å². The lowest BCUT2D eigenvalue weighted by Gasteiger charge is -2.24. The summed E-state index contributed by atoms with van der Waals surface area (Å²) in [6.07, 6.45) is 0. The third-order valence-electron chi connectivity index (χ3n) is 1.59. The van der Waals surface area contributed by atoms with Crippen LogP contribution >= 0.6 is 0 Å². The van der Waals surface area contributed by atoms with Crippen LogP contribution in [0.1, 0.15) is 6.92 Å². The summed E-state index contributed by atoms with van der Waals surface area (Å²) in [6.45, 7) is 0.758. The molecule has 1 amide bonds. The summed E-state index contributed by atoms with van der Waals surface area (Å²) in [5.41, 5.74) is 6.67. The molecule has 0 aromatic rings. The van der Waals surface area contributed by atoms with E-state index in [2.05, 4.69) is 14.9 Å². The number of nitrogens with zero attached hydrogens (tertiary/aromatic N) is 4. The first-order chi connectivity index (χ1) is 6.01. The van der Waals surface area contributed by atoms with E-state index in [-0.39, 0.29) is 0 Å². The zero-order valence-electron chi connectivity index (χ0n) is 7.76. The minimum Gasteiger partial charge on any atom is -0.395 e. The molecule has 0 aliphatic rings. The monoisotopic (exact) mass is 188 g/mol. The number of hydroxylamine groups is 2. The molecule has 1 atom stereocenters. The summed E-state index contributed by atoms with van der Waals surface area (Å²) >= 11 is 0. The molecule has 0 aliphatic heterocycles. The lowest BCUT2D eigenvalue weighted by atomic mass is 10.0. The van der Waals surface area contributed by atoms with E-state index in [1.807, 2.05) is 0 Å². The Balaban J connectivity index is 4.76. The van der Waals surface area contributed by atoms with Gasteiger partial charge in [-0.2, -0.15) is 0 Å². The Hall–Kier alpha value is -1.30. The topological polar surface area (TPSA) is 98.5 Å². The number of hydrogen-bond donors (Lipinski definition) is 1. The molecule has 0 aromatic carbocycles. The molecule has 0 fully saturated rings. The Morgan fingerprint density at radius 1 is 1.85 bits per heavy atom. The summed E-state index contributed by atoms with van der Waals surface area (Å²) < 4.78 is 0. The third-order valence-corrected chi connectivity index (χ3v) is 1.59. The molecule has 0 saturated carbocycles. The van der Waals surface area contributed by atoms with E-state index in [0.717, 1.165) is 5.06 Å². The van der Waals surface area contributed by atoms with Crippen molar-refractivity contribution in [3.8, 4) is 0 Å². The molecule has 0 spiro atoms. The summed E-state index contributed by atoms with van der Waals surface area (Å²) in [4.78, 5) is 18.5. The second-order valence-corrected chi connectivity index (χ2v) is 2.61. The Bertz CT molecular complexity index is 238. The van der Waals surface area contributed by atoms with E-state index in [1.54, 1.807) is 0 Å². The molecular weight excluding hydrogens is 176 g/mol. The van der Waals surface area contributed by atoms with Gasteiger partial charge in [-0.05, 0) is 12.5 Å². The Labute approximate surface area is 75.5 Å². The van der Waals surface area contributed by atoms with E-state index in [0.29, 0.717) is 0 Å². The van der Waals surface area contributed by atoms with Crippen molar-refractivity contribution in [2.75, 3.05) is 20.8 Å². The smallest absolute Gasteiger partial charge is 0.260 e. The van der Waals surface area contributed by atoms with Gasteiger partial charge in [0.2, 0.25) is 0 Å². The highest BCUT2D eigenvalue weighted by atomic mass is 16.7. The molecule has 0 radical (unpaired) electrons. The van der Waals surface area contributed by atoms with Crippen molar-refractivity contribution in [3.05, 3.63) is 10.4 Å². The maximum absolute atomic E-state index is 11.4. The van der Waals surface area contributed by atoms with Gasteiger partial charge in [0.1, 0.15) is 5.54 Å². The molecular formula is C6H12N4O3. The molecule has 0 bridgehead atoms. The number of aliphatic hydroxyl groups is 1. The van der Waals surface area contributed by atoms with Crippen LogP contribution in [0.4, 0.5) is 0 Å². The second kappa shape index (κ2) is 4.66. The molecule has 0 saturated heterocycles. The van der Waals surface area contributed by atoms with E-state index < -0.39 is 18.1 Å². The molecule has 7 heteroatoms. The number of rotatable bonds is 4. The van der Waals surface area contributed by atoms with E-state index >= 15 is 0 Å². The molecule has 0 aromatic heterocycles. The van der Waals surface area contributed by atoms with Gasteiger partial charge in [0.15, 0.2) is 0 Å². The highest BCUT2D eigenvalue weighted by Crippen LogP contribution is 2.13. The maximum atomic E-state index is 11.4. The third kappa shape index (κ3) is 2.59. The predicted octanol–water partition coefficient (Wildman–Crippen LogP) is 0.0675. The van der Waals surface area contributed by atoms with Crippen LogP contribution in [-0.4, -0.2) is 42.4 Å². The van der Waals surface area contributed by atoms with Gasteiger partial charge in [0, 0.05) is 12.0 Å². The first-order valence-corrected chi connectivity index (χ1v) is 3.51. The van der Waals surface area contributed by atoms with Crippen molar-refractivity contribution in [1.29, 1.82) is 0 Å². The Morgan fingerprint density at radius 2 is 2.38 bits per heavy atom. The van der Waals surface area contributed by atoms with Gasteiger partial charge in [0.05, 0.1) is 13.7 Å². The molecule has 0 heterocycles. The summed E-state index contributed by atoms with van der Waals surface area (Å²) in [5, 5.41) is 13.0. The average molecular weight is 188 g/mol. The number of amides is 1. The van der Waals surface area contributed by atoms with Crippen molar-refractivity contribution in [1.82, 2.24) is 5.06 Å². The summed E-state index contributed by atoms with van der Waals surface area (Å²) in [5.74, 6) is -0.602. The van der Waals surface area contributed by atoms with Crippen LogP contribution in [-0.2, 0) is 9.63 Å². The predicted molar refractivity (Wildman–Crippen MR) is 44.4 cm³/mol. The van der Waals surface area contributed by atoms with Crippen molar-refractivity contribution in [2.24, 2.45) is 5.11 Å². The SMILES string of the molecule is CON(C)C(=O)[C@@](C)(CO)N=[N+]=[N-]. The van der Waals surface area contributed by atoms with Crippen molar-refractivity contribution in [3.63, 3.8) is 0 Å². The zero-order valence-corrected chi connectivity index (χ0v) is 7.76. The van der Waals surface area contributed by atoms with Crippen LogP contribution in [0.25, 0.3) is 10.4 Å². The lowest BCUT2D eigenvalue weighted by molar-refractivity contribution is -0.175. The summed E-state index contributed by atoms with van der Waals surface area (Å²) in [7, 11) is 2.66. The van der Waals surface area contributed by atoms with Crippen LogP contribution in [0.5, 0.6) is 0 Å². The van der Waals surface area contributed by atoms with Gasteiger partial charge >= 0.3 is 0 Å². The molecule has 13 heavy (non-hydrogen) atoms. The van der Waals surface area contributed by atoms with Crippen molar-refractivity contribution in [2.45, 2.75) is 12.5 Å². The van der Waals surface area contributed by atoms with E-state index in [4.69, 9.17) is 10.6 Å². The lowest BCUT2D eigenvalue weighted by Crippen LogP contribution is -2.45. The van der Waals surface area contributed by atoms with Crippen LogP contribution in [0.2, 0.25) is 0 Å². The molecule has 7 nitrogen and oxygen atoms in total. The standard InChI is InChI=1S/C6H12N4O3/c1-6(4-11,8-9-7)5(12)10(2)13-3/h11H,4H2,1-3H3/t6-/m1/s1. The molecule has 0 rings (SSSR count). The summed E-state index contributed by atoms with van der Waals surface area (Å²) in [6, 6.07) is 0. The number of carbonyl (C=O) groups is 1. The molecule has 1 N–H and O–H groups in total. The van der Waals surface area contributed by atoms with Crippen LogP contribution in [0.3, 0.4) is 0 Å². The molecule has 0 aliphatic carbocycles. The molecule has 74 valence electrons. The maximum Gasteiger partial charge on any atom is 0.260 e. The van der Waals surface area contributed by atoms with Gasteiger partial charge in [-0.3, -0.25) is 9.63 Å². The Kier molecular flexibility index (Phi) is 4.19. The quantitative estimate of drug-likeness (QED) is 0.292. The minimum atomic E-state index is -1.50. The highest BCUT2D eigenvalue weighted by molar-refractivity contribution is 5.85. The number of azide groups is 1. The largest absolute Gasteiger partial charge is 0.395 e. The minimum absolute atomic E-state index is 0.566. The fourth-order valence-corrected chi connectivity index (χ4v) is 0.663. The van der Waals surface area contributed by atoms with Crippen LogP contribution in [0, 0.1) is 0 Å². The number of hydrogen-bond acceptors (Lipinski definition) is 4. The van der Waals surface area contributed by atoms with Crippen LogP contribution < -0.4 is 0 Å². The van der Waals surface area contributed by atoms with Crippen molar-refractivity contribution >= 4 is 5.91 Å². The fourth-order valence-electron chi connectivity index (χ4n) is 0.663. The van der Waals surface area contributed by atoms with E-state index in [9.17, 15) is 4.79 Å². The Morgan fingerprint density at radius 3 is 2.69 bits per heavy atom. The second-order valence-electron chi connectivity index (χ2n) is 2.61. The normalized spacial score (nSPS) is 14.2. The van der Waals surface area contributed by atoms with E-state index in [1.165, 1.54) is 21.1 Å². The van der Waals surface area contributed by atoms with Gasteiger partial charge < -0.3 is 5.11 Å². The fraction of sp³-hybridized carbons (Fsp3) is 0.833. The van der Waals surface area contributed by atoms with Gasteiger partial charge in [-0.1, -0.05) is 5.11 Å². The molecule has 0 unspecified atom stereocenters. The highest BCUT2D eigenvalue weighted by Gasteiger charge is 2.34. The van der Waals surface area contributed by atoms with Crippen molar-refractivity contribution < 1.29 is 14.7 Å². The first kappa shape index (κ1) is 11.7.